The summed E-state index contributed by atoms with van der Waals surface area (Å²) >= 11 is 0. The molecule has 0 radical (unpaired) electrons. The average Bonchev–Trinajstić information content (AvgIpc) is 2.73. The predicted octanol–water partition coefficient (Wildman–Crippen LogP) is 4.62. The summed E-state index contributed by atoms with van der Waals surface area (Å²) in [5.41, 5.74) is 2.67. The van der Waals surface area contributed by atoms with Gasteiger partial charge in [-0.05, 0) is 49.4 Å². The second-order valence-electron chi connectivity index (χ2n) is 6.02. The van der Waals surface area contributed by atoms with Gasteiger partial charge in [-0.15, -0.1) is 0 Å². The molecule has 1 atom stereocenters. The number of nitrogens with one attached hydrogen (secondary N) is 1. The molecule has 1 saturated carbocycles. The highest BCUT2D eigenvalue weighted by Gasteiger charge is 2.23. The molecule has 2 heteroatoms. The summed E-state index contributed by atoms with van der Waals surface area (Å²) in [5.74, 6) is 1.77. The van der Waals surface area contributed by atoms with Gasteiger partial charge in [0.1, 0.15) is 5.75 Å². The van der Waals surface area contributed by atoms with Crippen LogP contribution in [0.3, 0.4) is 0 Å². The Morgan fingerprint density at radius 3 is 2.45 bits per heavy atom. The molecule has 0 amide bonds. The highest BCUT2D eigenvalue weighted by Crippen LogP contribution is 2.34. The minimum Gasteiger partial charge on any atom is -0.496 e. The van der Waals surface area contributed by atoms with Crippen molar-refractivity contribution in [2.45, 2.75) is 58.4 Å². The molecule has 1 aromatic carbocycles. The van der Waals surface area contributed by atoms with Crippen LogP contribution in [-0.2, 0) is 0 Å². The number of hydrogen-bond acceptors (Lipinski definition) is 2. The molecule has 0 bridgehead atoms. The Labute approximate surface area is 123 Å². The fourth-order valence-electron chi connectivity index (χ4n) is 3.52. The molecule has 1 aromatic rings. The zero-order valence-corrected chi connectivity index (χ0v) is 13.2. The van der Waals surface area contributed by atoms with Crippen molar-refractivity contribution in [2.75, 3.05) is 13.7 Å². The Bertz CT molecular complexity index is 408. The zero-order chi connectivity index (χ0) is 14.4. The van der Waals surface area contributed by atoms with E-state index in [1.165, 1.54) is 49.7 Å². The van der Waals surface area contributed by atoms with Crippen LogP contribution in [0.15, 0.2) is 18.2 Å². The third-order valence-electron chi connectivity index (χ3n) is 4.57. The van der Waals surface area contributed by atoms with Crippen molar-refractivity contribution >= 4 is 0 Å². The minimum absolute atomic E-state index is 0.503. The highest BCUT2D eigenvalue weighted by atomic mass is 16.5. The molecule has 2 rings (SSSR count). The lowest BCUT2D eigenvalue weighted by Crippen LogP contribution is -2.28. The Hall–Kier alpha value is -1.02. The molecule has 1 N–H and O–H groups in total. The van der Waals surface area contributed by atoms with E-state index in [2.05, 4.69) is 37.4 Å². The van der Waals surface area contributed by atoms with Gasteiger partial charge in [-0.3, -0.25) is 0 Å². The molecule has 1 unspecified atom stereocenters. The van der Waals surface area contributed by atoms with Crippen molar-refractivity contribution in [2.24, 2.45) is 5.92 Å². The monoisotopic (exact) mass is 275 g/mol. The van der Waals surface area contributed by atoms with E-state index in [0.29, 0.717) is 6.04 Å². The number of hydrogen-bond donors (Lipinski definition) is 1. The molecule has 1 aliphatic rings. The maximum atomic E-state index is 5.38. The van der Waals surface area contributed by atoms with Gasteiger partial charge in [0.15, 0.2) is 0 Å². The van der Waals surface area contributed by atoms with Crippen molar-refractivity contribution in [3.8, 4) is 5.75 Å². The summed E-state index contributed by atoms with van der Waals surface area (Å²) < 4.78 is 5.38. The van der Waals surface area contributed by atoms with Crippen molar-refractivity contribution < 1.29 is 4.74 Å². The molecule has 1 fully saturated rings. The Kier molecular flexibility index (Phi) is 5.90. The number of ether oxygens (including phenoxy) is 1. The maximum absolute atomic E-state index is 5.38. The number of methoxy groups -OCH3 is 1. The summed E-state index contributed by atoms with van der Waals surface area (Å²) in [6.45, 7) is 5.38. The van der Waals surface area contributed by atoms with E-state index in [1.54, 1.807) is 7.11 Å². The second kappa shape index (κ2) is 7.68. The fraction of sp³-hybridized carbons (Fsp3) is 0.667. The Balaban J connectivity index is 2.20. The fourth-order valence-corrected chi connectivity index (χ4v) is 3.52. The predicted molar refractivity (Wildman–Crippen MR) is 85.3 cm³/mol. The van der Waals surface area contributed by atoms with Gasteiger partial charge in [0.25, 0.3) is 0 Å². The minimum atomic E-state index is 0.503. The van der Waals surface area contributed by atoms with E-state index >= 15 is 0 Å². The molecule has 1 aliphatic carbocycles. The SMILES string of the molecule is CCNC(c1ccc(OC)c(C)c1)C1CCCCCC1. The van der Waals surface area contributed by atoms with Crippen molar-refractivity contribution in [3.05, 3.63) is 29.3 Å². The van der Waals surface area contributed by atoms with Crippen LogP contribution >= 0.6 is 0 Å². The zero-order valence-electron chi connectivity index (χ0n) is 13.2. The van der Waals surface area contributed by atoms with Gasteiger partial charge in [0.2, 0.25) is 0 Å². The van der Waals surface area contributed by atoms with Crippen LogP contribution in [0.25, 0.3) is 0 Å². The van der Waals surface area contributed by atoms with Crippen molar-refractivity contribution in [1.82, 2.24) is 5.32 Å². The first-order valence-electron chi connectivity index (χ1n) is 8.14. The largest absolute Gasteiger partial charge is 0.496 e. The van der Waals surface area contributed by atoms with E-state index in [4.69, 9.17) is 4.74 Å². The Morgan fingerprint density at radius 1 is 1.20 bits per heavy atom. The Morgan fingerprint density at radius 2 is 1.90 bits per heavy atom. The van der Waals surface area contributed by atoms with Crippen LogP contribution in [0.4, 0.5) is 0 Å². The molecular formula is C18H29NO. The summed E-state index contributed by atoms with van der Waals surface area (Å²) in [6.07, 6.45) is 8.34. The smallest absolute Gasteiger partial charge is 0.121 e. The van der Waals surface area contributed by atoms with E-state index in [-0.39, 0.29) is 0 Å². The lowest BCUT2D eigenvalue weighted by atomic mass is 9.86. The number of aryl methyl sites for hydroxylation is 1. The molecular weight excluding hydrogens is 246 g/mol. The summed E-state index contributed by atoms with van der Waals surface area (Å²) in [6, 6.07) is 7.16. The number of benzene rings is 1. The first kappa shape index (κ1) is 15.4. The first-order valence-corrected chi connectivity index (χ1v) is 8.14. The molecule has 0 heterocycles. The molecule has 20 heavy (non-hydrogen) atoms. The van der Waals surface area contributed by atoms with Crippen molar-refractivity contribution in [1.29, 1.82) is 0 Å². The summed E-state index contributed by atoms with van der Waals surface area (Å²) in [7, 11) is 1.75. The van der Waals surface area contributed by atoms with Gasteiger partial charge < -0.3 is 10.1 Å². The molecule has 0 spiro atoms. The average molecular weight is 275 g/mol. The molecule has 2 nitrogen and oxygen atoms in total. The summed E-state index contributed by atoms with van der Waals surface area (Å²) in [4.78, 5) is 0. The van der Waals surface area contributed by atoms with Gasteiger partial charge in [0.05, 0.1) is 7.11 Å². The van der Waals surface area contributed by atoms with Crippen molar-refractivity contribution in [3.63, 3.8) is 0 Å². The summed E-state index contributed by atoms with van der Waals surface area (Å²) in [5, 5.41) is 3.72. The molecule has 0 aromatic heterocycles. The van der Waals surface area contributed by atoms with Crippen LogP contribution in [0.1, 0.15) is 62.6 Å². The van der Waals surface area contributed by atoms with Crippen LogP contribution in [-0.4, -0.2) is 13.7 Å². The van der Waals surface area contributed by atoms with Gasteiger partial charge in [0, 0.05) is 6.04 Å². The van der Waals surface area contributed by atoms with Gasteiger partial charge in [-0.25, -0.2) is 0 Å². The molecule has 0 aliphatic heterocycles. The van der Waals surface area contributed by atoms with E-state index in [0.717, 1.165) is 18.2 Å². The lowest BCUT2D eigenvalue weighted by molar-refractivity contribution is 0.329. The number of rotatable bonds is 5. The quantitative estimate of drug-likeness (QED) is 0.791. The molecule has 0 saturated heterocycles. The highest BCUT2D eigenvalue weighted by molar-refractivity contribution is 5.37. The third-order valence-corrected chi connectivity index (χ3v) is 4.57. The second-order valence-corrected chi connectivity index (χ2v) is 6.02. The van der Waals surface area contributed by atoms with Gasteiger partial charge >= 0.3 is 0 Å². The maximum Gasteiger partial charge on any atom is 0.121 e. The van der Waals surface area contributed by atoms with Crippen LogP contribution in [0.2, 0.25) is 0 Å². The van der Waals surface area contributed by atoms with Crippen LogP contribution in [0.5, 0.6) is 5.75 Å². The lowest BCUT2D eigenvalue weighted by Gasteiger charge is -2.28. The van der Waals surface area contributed by atoms with Gasteiger partial charge in [-0.1, -0.05) is 44.7 Å². The van der Waals surface area contributed by atoms with Crippen LogP contribution < -0.4 is 10.1 Å². The first-order chi connectivity index (χ1) is 9.76. The normalized spacial score (nSPS) is 18.6. The standard InChI is InChI=1S/C18H29NO/c1-4-19-18(15-9-7-5-6-8-10-15)16-11-12-17(20-3)14(2)13-16/h11-13,15,18-19H,4-10H2,1-3H3. The van der Waals surface area contributed by atoms with E-state index in [9.17, 15) is 0 Å². The van der Waals surface area contributed by atoms with E-state index in [1.807, 2.05) is 0 Å². The third kappa shape index (κ3) is 3.76. The van der Waals surface area contributed by atoms with Gasteiger partial charge in [-0.2, -0.15) is 0 Å². The van der Waals surface area contributed by atoms with E-state index < -0.39 is 0 Å². The molecule has 112 valence electrons. The topological polar surface area (TPSA) is 21.3 Å². The van der Waals surface area contributed by atoms with Crippen LogP contribution in [0, 0.1) is 12.8 Å².